The van der Waals surface area contributed by atoms with E-state index in [0.29, 0.717) is 25.7 Å². The predicted molar refractivity (Wildman–Crippen MR) is 96.4 cm³/mol. The molecule has 0 spiro atoms. The van der Waals surface area contributed by atoms with E-state index in [0.717, 1.165) is 31.5 Å². The molecule has 2 fully saturated rings. The molecule has 1 aromatic carbocycles. The summed E-state index contributed by atoms with van der Waals surface area (Å²) in [5, 5.41) is 5.07. The number of likely N-dealkylation sites (tertiary alicyclic amines) is 1. The molecule has 2 saturated heterocycles. The first-order valence-corrected chi connectivity index (χ1v) is 9.30. The Labute approximate surface area is 154 Å². The smallest absolute Gasteiger partial charge is 0.321 e. The van der Waals surface area contributed by atoms with E-state index in [1.165, 1.54) is 0 Å². The third kappa shape index (κ3) is 4.60. The van der Waals surface area contributed by atoms with Crippen LogP contribution in [0.15, 0.2) is 30.3 Å². The van der Waals surface area contributed by atoms with Gasteiger partial charge in [-0.1, -0.05) is 30.3 Å². The minimum Gasteiger partial charge on any atom is -0.350 e. The second kappa shape index (κ2) is 9.12. The predicted octanol–water partition coefficient (Wildman–Crippen LogP) is 1.66. The Balaban J connectivity index is 1.68. The maximum absolute atomic E-state index is 12.8. The topological polar surface area (TPSA) is 79.9 Å². The van der Waals surface area contributed by atoms with Gasteiger partial charge in [0.15, 0.2) is 6.29 Å². The van der Waals surface area contributed by atoms with Gasteiger partial charge in [0.05, 0.1) is 13.2 Å². The molecular weight excluding hydrogens is 334 g/mol. The maximum Gasteiger partial charge on any atom is 0.321 e. The number of hydrogen-bond acceptors (Lipinski definition) is 5. The lowest BCUT2D eigenvalue weighted by atomic mass is 9.93. The van der Waals surface area contributed by atoms with E-state index in [2.05, 4.69) is 15.5 Å². The van der Waals surface area contributed by atoms with E-state index in [9.17, 15) is 9.59 Å². The van der Waals surface area contributed by atoms with Crippen LogP contribution < -0.4 is 10.6 Å². The molecule has 7 nitrogen and oxygen atoms in total. The Morgan fingerprint density at radius 1 is 1.15 bits per heavy atom. The molecule has 3 rings (SSSR count). The molecule has 2 aliphatic rings. The Kier molecular flexibility index (Phi) is 6.60. The van der Waals surface area contributed by atoms with Gasteiger partial charge in [-0.15, -0.1) is 0 Å². The highest BCUT2D eigenvalue weighted by Gasteiger charge is 2.35. The molecule has 0 bridgehead atoms. The van der Waals surface area contributed by atoms with Crippen LogP contribution in [-0.2, 0) is 14.3 Å². The van der Waals surface area contributed by atoms with Crippen molar-refractivity contribution in [1.29, 1.82) is 0 Å². The van der Waals surface area contributed by atoms with Gasteiger partial charge in [-0.3, -0.25) is 15.0 Å². The summed E-state index contributed by atoms with van der Waals surface area (Å²) < 4.78 is 11.3. The average molecular weight is 361 g/mol. The van der Waals surface area contributed by atoms with Crippen molar-refractivity contribution in [3.05, 3.63) is 35.9 Å². The fraction of sp³-hybridized carbons (Fsp3) is 0.579. The maximum atomic E-state index is 12.8. The quantitative estimate of drug-likeness (QED) is 0.834. The van der Waals surface area contributed by atoms with Crippen molar-refractivity contribution in [3.8, 4) is 0 Å². The van der Waals surface area contributed by atoms with Crippen LogP contribution in [0.4, 0.5) is 4.79 Å². The fourth-order valence-corrected chi connectivity index (χ4v) is 3.65. The summed E-state index contributed by atoms with van der Waals surface area (Å²) in [5.74, 6) is 0.0607. The molecule has 0 aromatic heterocycles. The van der Waals surface area contributed by atoms with Gasteiger partial charge in [-0.25, -0.2) is 4.79 Å². The summed E-state index contributed by atoms with van der Waals surface area (Å²) in [6.07, 6.45) is 1.70. The highest BCUT2D eigenvalue weighted by molar-refractivity contribution is 5.97. The van der Waals surface area contributed by atoms with Gasteiger partial charge in [0, 0.05) is 12.5 Å². The van der Waals surface area contributed by atoms with Gasteiger partial charge < -0.3 is 14.8 Å². The molecule has 1 atom stereocenters. The molecule has 0 radical (unpaired) electrons. The minimum absolute atomic E-state index is 0.114. The van der Waals surface area contributed by atoms with Gasteiger partial charge in [-0.05, 0) is 38.4 Å². The monoisotopic (exact) mass is 361 g/mol. The second-order valence-electron chi connectivity index (χ2n) is 6.65. The molecule has 1 aromatic rings. The van der Waals surface area contributed by atoms with Crippen molar-refractivity contribution in [3.63, 3.8) is 0 Å². The number of rotatable bonds is 5. The second-order valence-corrected chi connectivity index (χ2v) is 6.65. The lowest BCUT2D eigenvalue weighted by Crippen LogP contribution is -2.49. The van der Waals surface area contributed by atoms with E-state index < -0.39 is 12.1 Å². The van der Waals surface area contributed by atoms with Crippen molar-refractivity contribution >= 4 is 11.9 Å². The van der Waals surface area contributed by atoms with Gasteiger partial charge in [-0.2, -0.15) is 0 Å². The van der Waals surface area contributed by atoms with Crippen LogP contribution in [0.1, 0.15) is 31.4 Å². The van der Waals surface area contributed by atoms with Crippen LogP contribution in [0.2, 0.25) is 0 Å². The zero-order valence-electron chi connectivity index (χ0n) is 15.1. The lowest BCUT2D eigenvalue weighted by Gasteiger charge is -2.38. The van der Waals surface area contributed by atoms with Crippen LogP contribution in [-0.4, -0.2) is 56.0 Å². The number of carbonyl (C=O) groups is 2. The largest absolute Gasteiger partial charge is 0.350 e. The lowest BCUT2D eigenvalue weighted by molar-refractivity contribution is -0.128. The third-order valence-corrected chi connectivity index (χ3v) is 4.91. The number of nitrogens with zero attached hydrogens (tertiary/aromatic N) is 1. The number of benzene rings is 1. The molecule has 2 aliphatic heterocycles. The number of ether oxygens (including phenoxy) is 2. The summed E-state index contributed by atoms with van der Waals surface area (Å²) in [4.78, 5) is 26.7. The molecule has 0 saturated carbocycles. The highest BCUT2D eigenvalue weighted by atomic mass is 16.7. The Hall–Kier alpha value is -1.96. The Morgan fingerprint density at radius 3 is 2.42 bits per heavy atom. The van der Waals surface area contributed by atoms with Crippen LogP contribution >= 0.6 is 0 Å². The molecule has 3 amide bonds. The minimum atomic E-state index is -0.481. The summed E-state index contributed by atoms with van der Waals surface area (Å²) in [6, 6.07) is 8.66. The van der Waals surface area contributed by atoms with Crippen molar-refractivity contribution < 1.29 is 19.1 Å². The first-order valence-electron chi connectivity index (χ1n) is 9.30. The number of carbonyl (C=O) groups excluding carboxylic acids is 2. The fourth-order valence-electron chi connectivity index (χ4n) is 3.65. The number of piperidine rings is 1. The normalized spacial score (nSPS) is 20.7. The van der Waals surface area contributed by atoms with E-state index in [1.54, 1.807) is 0 Å². The zero-order chi connectivity index (χ0) is 18.4. The van der Waals surface area contributed by atoms with Crippen LogP contribution in [0.5, 0.6) is 0 Å². The van der Waals surface area contributed by atoms with Crippen molar-refractivity contribution in [2.75, 3.05) is 32.8 Å². The zero-order valence-corrected chi connectivity index (χ0v) is 15.1. The van der Waals surface area contributed by atoms with Crippen LogP contribution in [0.3, 0.4) is 0 Å². The number of nitrogens with one attached hydrogen (secondary N) is 2. The number of imide groups is 1. The number of urea groups is 1. The third-order valence-electron chi connectivity index (χ3n) is 4.91. The molecular formula is C19H27N3O4. The van der Waals surface area contributed by atoms with Crippen molar-refractivity contribution in [2.45, 2.75) is 32.1 Å². The van der Waals surface area contributed by atoms with Crippen molar-refractivity contribution in [2.24, 2.45) is 5.92 Å². The summed E-state index contributed by atoms with van der Waals surface area (Å²) in [6.45, 7) is 5.13. The first kappa shape index (κ1) is 18.8. The molecule has 26 heavy (non-hydrogen) atoms. The Bertz CT molecular complexity index is 596. The van der Waals surface area contributed by atoms with E-state index in [1.807, 2.05) is 37.3 Å². The molecule has 1 unspecified atom stereocenters. The molecule has 2 N–H and O–H groups in total. The van der Waals surface area contributed by atoms with Crippen molar-refractivity contribution in [1.82, 2.24) is 15.5 Å². The van der Waals surface area contributed by atoms with Gasteiger partial charge in [0.1, 0.15) is 6.04 Å². The van der Waals surface area contributed by atoms with E-state index in [-0.39, 0.29) is 12.2 Å². The van der Waals surface area contributed by atoms with E-state index >= 15 is 0 Å². The van der Waals surface area contributed by atoms with E-state index in [4.69, 9.17) is 9.47 Å². The SMILES string of the molecule is CCNC(=O)NC(=O)C(c1ccccc1)N1CCC(C2OCCO2)CC1. The summed E-state index contributed by atoms with van der Waals surface area (Å²) >= 11 is 0. The summed E-state index contributed by atoms with van der Waals surface area (Å²) in [5.41, 5.74) is 0.890. The number of amides is 3. The Morgan fingerprint density at radius 2 is 1.81 bits per heavy atom. The van der Waals surface area contributed by atoms with Gasteiger partial charge in [0.2, 0.25) is 5.91 Å². The van der Waals surface area contributed by atoms with Crippen LogP contribution in [0, 0.1) is 5.92 Å². The molecule has 7 heteroatoms. The first-order chi connectivity index (χ1) is 12.7. The van der Waals surface area contributed by atoms with Crippen LogP contribution in [0.25, 0.3) is 0 Å². The molecule has 142 valence electrons. The van der Waals surface area contributed by atoms with Gasteiger partial charge in [0.25, 0.3) is 0 Å². The van der Waals surface area contributed by atoms with Gasteiger partial charge >= 0.3 is 6.03 Å². The number of hydrogen-bond donors (Lipinski definition) is 2. The highest BCUT2D eigenvalue weighted by Crippen LogP contribution is 2.30. The average Bonchev–Trinajstić information content (AvgIpc) is 3.18. The molecule has 0 aliphatic carbocycles. The standard InChI is InChI=1S/C19H27N3O4/c1-2-20-19(24)21-17(23)16(14-6-4-3-5-7-14)22-10-8-15(9-11-22)18-25-12-13-26-18/h3-7,15-16,18H,2,8-13H2,1H3,(H2,20,21,23,24). The summed E-state index contributed by atoms with van der Waals surface area (Å²) in [7, 11) is 0. The molecule has 2 heterocycles.